The Labute approximate surface area is 155 Å². The van der Waals surface area contributed by atoms with Crippen LogP contribution in [-0.2, 0) is 6.61 Å². The predicted molar refractivity (Wildman–Crippen MR) is 99.6 cm³/mol. The minimum absolute atomic E-state index is 0.248. The van der Waals surface area contributed by atoms with E-state index < -0.39 is 5.82 Å². The van der Waals surface area contributed by atoms with Gasteiger partial charge in [0, 0.05) is 16.5 Å². The topological polar surface area (TPSA) is 73.9 Å². The molecule has 7 heteroatoms. The molecule has 5 nitrogen and oxygen atoms in total. The van der Waals surface area contributed by atoms with Crippen LogP contribution in [0.15, 0.2) is 29.9 Å². The number of halogens is 1. The van der Waals surface area contributed by atoms with Gasteiger partial charge in [0.2, 0.25) is 0 Å². The lowest BCUT2D eigenvalue weighted by atomic mass is 9.79. The van der Waals surface area contributed by atoms with Crippen LogP contribution in [0.25, 0.3) is 11.3 Å². The van der Waals surface area contributed by atoms with Gasteiger partial charge in [0.1, 0.15) is 12.4 Å². The van der Waals surface area contributed by atoms with Crippen LogP contribution in [0.5, 0.6) is 5.75 Å². The number of aryl methyl sites for hydroxylation is 1. The third-order valence-corrected chi connectivity index (χ3v) is 5.47. The van der Waals surface area contributed by atoms with Crippen molar-refractivity contribution in [2.45, 2.75) is 38.7 Å². The molecule has 0 atom stereocenters. The van der Waals surface area contributed by atoms with Crippen molar-refractivity contribution in [1.82, 2.24) is 15.0 Å². The van der Waals surface area contributed by atoms with Gasteiger partial charge in [-0.25, -0.2) is 14.4 Å². The Kier molecular flexibility index (Phi) is 4.55. The molecule has 4 rings (SSSR count). The zero-order chi connectivity index (χ0) is 18.1. The first-order valence-electron chi connectivity index (χ1n) is 8.56. The van der Waals surface area contributed by atoms with Gasteiger partial charge < -0.3 is 10.5 Å². The molecule has 2 heterocycles. The summed E-state index contributed by atoms with van der Waals surface area (Å²) in [5, 5.41) is 2.90. The maximum atomic E-state index is 15.3. The molecule has 0 saturated heterocycles. The minimum Gasteiger partial charge on any atom is -0.484 e. The van der Waals surface area contributed by atoms with Crippen LogP contribution < -0.4 is 10.5 Å². The van der Waals surface area contributed by atoms with Gasteiger partial charge in [-0.1, -0.05) is 12.5 Å². The summed E-state index contributed by atoms with van der Waals surface area (Å²) in [7, 11) is 0. The van der Waals surface area contributed by atoms with Gasteiger partial charge in [-0.05, 0) is 31.7 Å². The van der Waals surface area contributed by atoms with Crippen molar-refractivity contribution in [3.05, 3.63) is 52.0 Å². The highest BCUT2D eigenvalue weighted by molar-refractivity contribution is 7.09. The monoisotopic (exact) mass is 370 g/mol. The van der Waals surface area contributed by atoms with Crippen LogP contribution in [0.4, 0.5) is 10.2 Å². The van der Waals surface area contributed by atoms with Gasteiger partial charge in [-0.3, -0.25) is 4.98 Å². The summed E-state index contributed by atoms with van der Waals surface area (Å²) in [5.41, 5.74) is 8.11. The fourth-order valence-electron chi connectivity index (χ4n) is 3.05. The summed E-state index contributed by atoms with van der Waals surface area (Å²) in [6, 6.07) is 3.70. The molecule has 2 N–H and O–H groups in total. The van der Waals surface area contributed by atoms with Crippen molar-refractivity contribution in [2.75, 3.05) is 5.73 Å². The smallest absolute Gasteiger partial charge is 0.174 e. The Morgan fingerprint density at radius 1 is 1.27 bits per heavy atom. The van der Waals surface area contributed by atoms with E-state index in [-0.39, 0.29) is 6.61 Å². The number of benzene rings is 1. The Bertz CT molecular complexity index is 922. The Morgan fingerprint density at radius 2 is 2.12 bits per heavy atom. The molecule has 1 aliphatic carbocycles. The molecule has 0 unspecified atom stereocenters. The van der Waals surface area contributed by atoms with Gasteiger partial charge in [-0.15, -0.1) is 11.3 Å². The van der Waals surface area contributed by atoms with Crippen molar-refractivity contribution in [1.29, 1.82) is 0 Å². The molecular weight excluding hydrogens is 351 g/mol. The SMILES string of the molecule is Cc1nc(COc2c(C3CCC3)ccc(-c3cnc(N)cn3)c2F)cs1. The van der Waals surface area contributed by atoms with Crippen molar-refractivity contribution >= 4 is 17.2 Å². The molecular formula is C19H19FN4OS. The molecule has 0 radical (unpaired) electrons. The summed E-state index contributed by atoms with van der Waals surface area (Å²) < 4.78 is 21.2. The number of anilines is 1. The maximum absolute atomic E-state index is 15.3. The molecule has 134 valence electrons. The lowest BCUT2D eigenvalue weighted by molar-refractivity contribution is 0.275. The first-order chi connectivity index (χ1) is 12.6. The quantitative estimate of drug-likeness (QED) is 0.717. The number of nitrogen functional groups attached to an aromatic ring is 1. The molecule has 3 aromatic rings. The van der Waals surface area contributed by atoms with E-state index in [0.717, 1.165) is 29.1 Å². The fraction of sp³-hybridized carbons (Fsp3) is 0.316. The van der Waals surface area contributed by atoms with Crippen LogP contribution in [0.2, 0.25) is 0 Å². The molecule has 26 heavy (non-hydrogen) atoms. The van der Waals surface area contributed by atoms with Crippen LogP contribution in [0.1, 0.15) is 41.4 Å². The second-order valence-corrected chi connectivity index (χ2v) is 7.51. The van der Waals surface area contributed by atoms with E-state index in [0.29, 0.717) is 28.7 Å². The van der Waals surface area contributed by atoms with E-state index in [4.69, 9.17) is 10.5 Å². The first kappa shape index (κ1) is 16.9. The maximum Gasteiger partial charge on any atom is 0.174 e. The summed E-state index contributed by atoms with van der Waals surface area (Å²) in [6.07, 6.45) is 6.19. The number of nitrogens with zero attached hydrogens (tertiary/aromatic N) is 3. The lowest BCUT2D eigenvalue weighted by Gasteiger charge is -2.28. The fourth-order valence-corrected chi connectivity index (χ4v) is 3.65. The number of nitrogens with two attached hydrogens (primary N) is 1. The molecule has 2 aromatic heterocycles. The average Bonchev–Trinajstić information content (AvgIpc) is 2.99. The highest BCUT2D eigenvalue weighted by Crippen LogP contribution is 2.44. The highest BCUT2D eigenvalue weighted by Gasteiger charge is 2.27. The second-order valence-electron chi connectivity index (χ2n) is 6.45. The number of rotatable bonds is 5. The van der Waals surface area contributed by atoms with E-state index in [1.807, 2.05) is 18.4 Å². The third kappa shape index (κ3) is 3.26. The van der Waals surface area contributed by atoms with Crippen molar-refractivity contribution in [2.24, 2.45) is 0 Å². The summed E-state index contributed by atoms with van der Waals surface area (Å²) >= 11 is 1.56. The summed E-state index contributed by atoms with van der Waals surface area (Å²) in [4.78, 5) is 12.6. The molecule has 0 amide bonds. The standard InChI is InChI=1S/C19H19FN4OS/c1-11-24-13(10-26-11)9-25-19-14(12-3-2-4-12)5-6-15(18(19)20)16-7-23-17(21)8-22-16/h5-8,10,12H,2-4,9H2,1H3,(H2,21,23). The van der Waals surface area contributed by atoms with Crippen LogP contribution in [-0.4, -0.2) is 15.0 Å². The second kappa shape index (κ2) is 6.99. The Hall–Kier alpha value is -2.54. The number of thiazole rings is 1. The van der Waals surface area contributed by atoms with Gasteiger partial charge in [0.15, 0.2) is 11.6 Å². The normalized spacial score (nSPS) is 14.2. The van der Waals surface area contributed by atoms with Gasteiger partial charge in [-0.2, -0.15) is 0 Å². The summed E-state index contributed by atoms with van der Waals surface area (Å²) in [5.74, 6) is 0.552. The van der Waals surface area contributed by atoms with E-state index in [1.54, 1.807) is 17.4 Å². The lowest BCUT2D eigenvalue weighted by Crippen LogP contribution is -2.12. The predicted octanol–water partition coefficient (Wildman–Crippen LogP) is 4.48. The van der Waals surface area contributed by atoms with E-state index in [1.165, 1.54) is 18.8 Å². The zero-order valence-electron chi connectivity index (χ0n) is 14.4. The van der Waals surface area contributed by atoms with Crippen LogP contribution >= 0.6 is 11.3 Å². The Balaban J connectivity index is 1.70. The van der Waals surface area contributed by atoms with Crippen LogP contribution in [0, 0.1) is 12.7 Å². The number of aromatic nitrogens is 3. The van der Waals surface area contributed by atoms with Crippen molar-refractivity contribution in [3.8, 4) is 17.0 Å². The molecule has 0 bridgehead atoms. The molecule has 1 saturated carbocycles. The zero-order valence-corrected chi connectivity index (χ0v) is 15.2. The Morgan fingerprint density at radius 3 is 2.73 bits per heavy atom. The molecule has 0 aliphatic heterocycles. The average molecular weight is 370 g/mol. The van der Waals surface area contributed by atoms with Crippen molar-refractivity contribution < 1.29 is 9.13 Å². The number of hydrogen-bond donors (Lipinski definition) is 1. The largest absolute Gasteiger partial charge is 0.484 e. The minimum atomic E-state index is -0.402. The number of hydrogen-bond acceptors (Lipinski definition) is 6. The molecule has 1 fully saturated rings. The van der Waals surface area contributed by atoms with Gasteiger partial charge in [0.25, 0.3) is 0 Å². The van der Waals surface area contributed by atoms with Gasteiger partial charge in [0.05, 0.1) is 28.8 Å². The van der Waals surface area contributed by atoms with Crippen LogP contribution in [0.3, 0.4) is 0 Å². The van der Waals surface area contributed by atoms with E-state index in [2.05, 4.69) is 15.0 Å². The van der Waals surface area contributed by atoms with Gasteiger partial charge >= 0.3 is 0 Å². The number of ether oxygens (including phenoxy) is 1. The van der Waals surface area contributed by atoms with E-state index >= 15 is 4.39 Å². The molecule has 1 aliphatic rings. The van der Waals surface area contributed by atoms with Crippen molar-refractivity contribution in [3.63, 3.8) is 0 Å². The first-order valence-corrected chi connectivity index (χ1v) is 9.44. The molecule has 1 aromatic carbocycles. The summed E-state index contributed by atoms with van der Waals surface area (Å²) in [6.45, 7) is 2.19. The molecule has 0 spiro atoms. The van der Waals surface area contributed by atoms with E-state index in [9.17, 15) is 0 Å². The third-order valence-electron chi connectivity index (χ3n) is 4.65. The highest BCUT2D eigenvalue weighted by atomic mass is 32.1.